The van der Waals surface area contributed by atoms with Crippen molar-refractivity contribution in [2.45, 2.75) is 18.5 Å². The molecule has 3 N–H and O–H groups in total. The molecule has 0 saturated carbocycles. The molecule has 0 aliphatic carbocycles. The van der Waals surface area contributed by atoms with Crippen LogP contribution in [0.2, 0.25) is 0 Å². The largest absolute Gasteiger partial charge is 0.385 e. The SMILES string of the molecule is COC(O)C(O)C(O)C=O. The second-order valence-corrected chi connectivity index (χ2v) is 1.74. The maximum Gasteiger partial charge on any atom is 0.183 e. The Kier molecular flexibility index (Phi) is 4.13. The molecule has 0 heterocycles. The normalized spacial score (nSPS) is 19.6. The zero-order chi connectivity index (χ0) is 8.15. The van der Waals surface area contributed by atoms with E-state index in [1.807, 2.05) is 0 Å². The molecule has 10 heavy (non-hydrogen) atoms. The number of aliphatic hydroxyl groups excluding tert-OH is 3. The monoisotopic (exact) mass is 150 g/mol. The predicted octanol–water partition coefficient (Wildman–Crippen LogP) is -2.13. The van der Waals surface area contributed by atoms with Crippen molar-refractivity contribution < 1.29 is 24.9 Å². The first kappa shape index (κ1) is 9.51. The number of methoxy groups -OCH3 is 1. The van der Waals surface area contributed by atoms with E-state index in [1.165, 1.54) is 0 Å². The van der Waals surface area contributed by atoms with Crippen molar-refractivity contribution in [1.82, 2.24) is 0 Å². The molecule has 5 nitrogen and oxygen atoms in total. The molecule has 0 fully saturated rings. The topological polar surface area (TPSA) is 87.0 Å². The Balaban J connectivity index is 3.80. The molecular weight excluding hydrogens is 140 g/mol. The number of ether oxygens (including phenoxy) is 1. The van der Waals surface area contributed by atoms with Crippen LogP contribution in [-0.4, -0.2) is 47.2 Å². The van der Waals surface area contributed by atoms with Gasteiger partial charge in [0.1, 0.15) is 12.2 Å². The van der Waals surface area contributed by atoms with E-state index >= 15 is 0 Å². The molecule has 0 aromatic heterocycles. The highest BCUT2D eigenvalue weighted by atomic mass is 16.6. The summed E-state index contributed by atoms with van der Waals surface area (Å²) in [5, 5.41) is 25.9. The number of carbonyl (C=O) groups excluding carboxylic acids is 1. The molecule has 3 unspecified atom stereocenters. The fraction of sp³-hybridized carbons (Fsp3) is 0.800. The van der Waals surface area contributed by atoms with Gasteiger partial charge in [0.2, 0.25) is 0 Å². The highest BCUT2D eigenvalue weighted by Crippen LogP contribution is 1.97. The van der Waals surface area contributed by atoms with E-state index < -0.39 is 18.5 Å². The molecule has 60 valence electrons. The molecule has 0 bridgehead atoms. The Morgan fingerprint density at radius 2 is 1.90 bits per heavy atom. The summed E-state index contributed by atoms with van der Waals surface area (Å²) in [6, 6.07) is 0. The Morgan fingerprint density at radius 1 is 1.40 bits per heavy atom. The van der Waals surface area contributed by atoms with Crippen molar-refractivity contribution in [1.29, 1.82) is 0 Å². The molecule has 0 rings (SSSR count). The van der Waals surface area contributed by atoms with Crippen LogP contribution in [0.15, 0.2) is 0 Å². The van der Waals surface area contributed by atoms with Crippen LogP contribution in [0.5, 0.6) is 0 Å². The van der Waals surface area contributed by atoms with Gasteiger partial charge >= 0.3 is 0 Å². The second-order valence-electron chi connectivity index (χ2n) is 1.74. The van der Waals surface area contributed by atoms with Crippen molar-refractivity contribution >= 4 is 6.29 Å². The number of rotatable bonds is 4. The Morgan fingerprint density at radius 3 is 2.20 bits per heavy atom. The molecule has 0 radical (unpaired) electrons. The maximum atomic E-state index is 9.79. The molecule has 3 atom stereocenters. The van der Waals surface area contributed by atoms with Crippen LogP contribution >= 0.6 is 0 Å². The Hall–Kier alpha value is -0.490. The number of hydrogen-bond acceptors (Lipinski definition) is 5. The highest BCUT2D eigenvalue weighted by molar-refractivity contribution is 5.56. The van der Waals surface area contributed by atoms with Gasteiger partial charge < -0.3 is 24.9 Å². The maximum absolute atomic E-state index is 9.79. The molecule has 5 heteroatoms. The lowest BCUT2D eigenvalue weighted by atomic mass is 10.2. The average Bonchev–Trinajstić information content (AvgIpc) is 2.00. The molecule has 0 aromatic rings. The number of carbonyl (C=O) groups is 1. The minimum Gasteiger partial charge on any atom is -0.385 e. The van der Waals surface area contributed by atoms with E-state index in [0.717, 1.165) is 7.11 Å². The standard InChI is InChI=1S/C5H10O5/c1-10-5(9)4(8)3(7)2-6/h2-5,7-9H,1H3. The van der Waals surface area contributed by atoms with Crippen LogP contribution in [0, 0.1) is 0 Å². The third-order valence-electron chi connectivity index (χ3n) is 1.02. The van der Waals surface area contributed by atoms with Crippen LogP contribution in [0.25, 0.3) is 0 Å². The van der Waals surface area contributed by atoms with Crippen LogP contribution in [0.3, 0.4) is 0 Å². The van der Waals surface area contributed by atoms with E-state index in [1.54, 1.807) is 0 Å². The molecule has 0 amide bonds. The number of aldehydes is 1. The first-order valence-electron chi connectivity index (χ1n) is 2.65. The lowest BCUT2D eigenvalue weighted by Crippen LogP contribution is -2.39. The summed E-state index contributed by atoms with van der Waals surface area (Å²) in [6.07, 6.45) is -4.59. The van der Waals surface area contributed by atoms with Gasteiger partial charge in [-0.15, -0.1) is 0 Å². The van der Waals surface area contributed by atoms with Gasteiger partial charge in [0.05, 0.1) is 0 Å². The first-order chi connectivity index (χ1) is 4.63. The molecule has 0 aromatic carbocycles. The van der Waals surface area contributed by atoms with Gasteiger partial charge in [0.25, 0.3) is 0 Å². The van der Waals surface area contributed by atoms with E-state index in [9.17, 15) is 4.79 Å². The van der Waals surface area contributed by atoms with Crippen molar-refractivity contribution in [2.24, 2.45) is 0 Å². The van der Waals surface area contributed by atoms with E-state index in [4.69, 9.17) is 15.3 Å². The van der Waals surface area contributed by atoms with Gasteiger partial charge in [-0.3, -0.25) is 0 Å². The zero-order valence-electron chi connectivity index (χ0n) is 5.47. The predicted molar refractivity (Wildman–Crippen MR) is 31.1 cm³/mol. The lowest BCUT2D eigenvalue weighted by molar-refractivity contribution is -0.174. The van der Waals surface area contributed by atoms with E-state index in [-0.39, 0.29) is 6.29 Å². The minimum absolute atomic E-state index is 0.118. The third kappa shape index (κ3) is 2.40. The van der Waals surface area contributed by atoms with Gasteiger partial charge in [0.15, 0.2) is 12.6 Å². The van der Waals surface area contributed by atoms with Crippen molar-refractivity contribution in [2.75, 3.05) is 7.11 Å². The number of hydrogen-bond donors (Lipinski definition) is 3. The Labute approximate surface area is 57.9 Å². The van der Waals surface area contributed by atoms with Crippen LogP contribution in [-0.2, 0) is 9.53 Å². The summed E-state index contributed by atoms with van der Waals surface area (Å²) >= 11 is 0. The summed E-state index contributed by atoms with van der Waals surface area (Å²) < 4.78 is 4.22. The molecule has 0 saturated heterocycles. The van der Waals surface area contributed by atoms with Crippen LogP contribution in [0.1, 0.15) is 0 Å². The Bertz CT molecular complexity index is 104. The van der Waals surface area contributed by atoms with Gasteiger partial charge in [0, 0.05) is 7.11 Å². The fourth-order valence-corrected chi connectivity index (χ4v) is 0.389. The minimum atomic E-state index is -1.60. The number of aliphatic hydroxyl groups is 3. The van der Waals surface area contributed by atoms with Crippen molar-refractivity contribution in [3.05, 3.63) is 0 Å². The molecule has 0 aliphatic heterocycles. The third-order valence-corrected chi connectivity index (χ3v) is 1.02. The summed E-state index contributed by atoms with van der Waals surface area (Å²) in [6.45, 7) is 0. The van der Waals surface area contributed by atoms with Crippen LogP contribution < -0.4 is 0 Å². The van der Waals surface area contributed by atoms with Gasteiger partial charge in [-0.05, 0) is 0 Å². The van der Waals surface area contributed by atoms with Crippen LogP contribution in [0.4, 0.5) is 0 Å². The summed E-state index contributed by atoms with van der Waals surface area (Å²) in [7, 11) is 1.14. The summed E-state index contributed by atoms with van der Waals surface area (Å²) in [5.74, 6) is 0. The fourth-order valence-electron chi connectivity index (χ4n) is 0.389. The first-order valence-corrected chi connectivity index (χ1v) is 2.65. The summed E-state index contributed by atoms with van der Waals surface area (Å²) in [4.78, 5) is 9.79. The van der Waals surface area contributed by atoms with Crippen molar-refractivity contribution in [3.8, 4) is 0 Å². The molecule has 0 aliphatic rings. The average molecular weight is 150 g/mol. The highest BCUT2D eigenvalue weighted by Gasteiger charge is 2.23. The van der Waals surface area contributed by atoms with Gasteiger partial charge in [-0.1, -0.05) is 0 Å². The molecular formula is C5H10O5. The lowest BCUT2D eigenvalue weighted by Gasteiger charge is -2.16. The quantitative estimate of drug-likeness (QED) is 0.315. The van der Waals surface area contributed by atoms with Crippen molar-refractivity contribution in [3.63, 3.8) is 0 Å². The zero-order valence-corrected chi connectivity index (χ0v) is 5.47. The van der Waals surface area contributed by atoms with E-state index in [0.29, 0.717) is 0 Å². The van der Waals surface area contributed by atoms with E-state index in [2.05, 4.69) is 4.74 Å². The van der Waals surface area contributed by atoms with Gasteiger partial charge in [-0.2, -0.15) is 0 Å². The summed E-state index contributed by atoms with van der Waals surface area (Å²) in [5.41, 5.74) is 0. The smallest absolute Gasteiger partial charge is 0.183 e. The second kappa shape index (κ2) is 4.35. The molecule has 0 spiro atoms. The van der Waals surface area contributed by atoms with Gasteiger partial charge in [-0.25, -0.2) is 0 Å².